The third-order valence-corrected chi connectivity index (χ3v) is 4.15. The van der Waals surface area contributed by atoms with Gasteiger partial charge in [-0.3, -0.25) is 9.69 Å². The molecule has 0 radical (unpaired) electrons. The molecular formula is C18H28N2O3. The molecule has 0 spiro atoms. The Kier molecular flexibility index (Phi) is 7.02. The number of amides is 1. The molecule has 0 saturated carbocycles. The molecule has 0 unspecified atom stereocenters. The second-order valence-electron chi connectivity index (χ2n) is 6.16. The fourth-order valence-corrected chi connectivity index (χ4v) is 2.89. The second kappa shape index (κ2) is 9.01. The summed E-state index contributed by atoms with van der Waals surface area (Å²) >= 11 is 0. The van der Waals surface area contributed by atoms with Gasteiger partial charge in [-0.25, -0.2) is 0 Å². The number of ether oxygens (including phenoxy) is 1. The van der Waals surface area contributed by atoms with Crippen LogP contribution in [0.3, 0.4) is 0 Å². The first-order valence-electron chi connectivity index (χ1n) is 8.40. The molecule has 1 aliphatic heterocycles. The largest absolute Gasteiger partial charge is 0.389 e. The zero-order valence-corrected chi connectivity index (χ0v) is 14.2. The Balaban J connectivity index is 1.74. The van der Waals surface area contributed by atoms with Crippen LogP contribution in [0.15, 0.2) is 24.3 Å². The molecule has 5 heteroatoms. The molecule has 0 aliphatic carbocycles. The molecule has 1 atom stereocenters. The highest BCUT2D eigenvalue weighted by molar-refractivity contribution is 5.78. The van der Waals surface area contributed by atoms with Gasteiger partial charge in [-0.2, -0.15) is 0 Å². The average Bonchev–Trinajstić information content (AvgIpc) is 2.53. The van der Waals surface area contributed by atoms with Crippen molar-refractivity contribution in [2.24, 2.45) is 0 Å². The predicted molar refractivity (Wildman–Crippen MR) is 90.4 cm³/mol. The molecule has 1 aliphatic rings. The van der Waals surface area contributed by atoms with Crippen molar-refractivity contribution in [2.75, 3.05) is 45.9 Å². The lowest BCUT2D eigenvalue weighted by molar-refractivity contribution is -0.132. The Morgan fingerprint density at radius 2 is 2.04 bits per heavy atom. The summed E-state index contributed by atoms with van der Waals surface area (Å²) in [6.45, 7) is 8.65. The number of aliphatic hydroxyl groups excluding tert-OH is 1. The molecule has 23 heavy (non-hydrogen) atoms. The van der Waals surface area contributed by atoms with Crippen LogP contribution in [-0.4, -0.2) is 72.9 Å². The third kappa shape index (κ3) is 5.94. The van der Waals surface area contributed by atoms with E-state index in [9.17, 15) is 9.90 Å². The smallest absolute Gasteiger partial charge is 0.227 e. The summed E-state index contributed by atoms with van der Waals surface area (Å²) in [6, 6.07) is 8.11. The maximum absolute atomic E-state index is 12.4. The van der Waals surface area contributed by atoms with Crippen LogP contribution in [-0.2, 0) is 16.0 Å². The molecule has 2 rings (SSSR count). The van der Waals surface area contributed by atoms with Crippen molar-refractivity contribution in [1.29, 1.82) is 0 Å². The van der Waals surface area contributed by atoms with E-state index >= 15 is 0 Å². The van der Waals surface area contributed by atoms with E-state index in [1.165, 1.54) is 5.56 Å². The molecule has 1 N–H and O–H groups in total. The van der Waals surface area contributed by atoms with Crippen molar-refractivity contribution < 1.29 is 14.6 Å². The zero-order chi connectivity index (χ0) is 16.7. The Hall–Kier alpha value is -1.43. The zero-order valence-electron chi connectivity index (χ0n) is 14.2. The normalized spacial score (nSPS) is 17.3. The van der Waals surface area contributed by atoms with E-state index in [4.69, 9.17) is 4.74 Å². The van der Waals surface area contributed by atoms with E-state index in [1.54, 1.807) is 0 Å². The van der Waals surface area contributed by atoms with E-state index in [0.29, 0.717) is 26.2 Å². The summed E-state index contributed by atoms with van der Waals surface area (Å²) in [5, 5.41) is 9.88. The number of carbonyl (C=O) groups is 1. The van der Waals surface area contributed by atoms with E-state index in [2.05, 4.69) is 11.0 Å². The van der Waals surface area contributed by atoms with Crippen LogP contribution < -0.4 is 0 Å². The fourth-order valence-electron chi connectivity index (χ4n) is 2.89. The number of hydrogen-bond donors (Lipinski definition) is 1. The van der Waals surface area contributed by atoms with Gasteiger partial charge in [-0.15, -0.1) is 0 Å². The number of rotatable bonds is 7. The Bertz CT molecular complexity index is 499. The lowest BCUT2D eigenvalue weighted by Gasteiger charge is -2.35. The molecule has 0 bridgehead atoms. The average molecular weight is 320 g/mol. The van der Waals surface area contributed by atoms with E-state index in [0.717, 1.165) is 31.7 Å². The topological polar surface area (TPSA) is 53.0 Å². The highest BCUT2D eigenvalue weighted by Gasteiger charge is 2.22. The predicted octanol–water partition coefficient (Wildman–Crippen LogP) is 1.08. The highest BCUT2D eigenvalue weighted by Crippen LogP contribution is 2.09. The SMILES string of the molecule is CCOC[C@@H](O)CN1CCN(C(=O)Cc2cccc(C)c2)CC1. The third-order valence-electron chi connectivity index (χ3n) is 4.15. The molecular weight excluding hydrogens is 292 g/mol. The van der Waals surface area contributed by atoms with Crippen LogP contribution >= 0.6 is 0 Å². The van der Waals surface area contributed by atoms with Crippen molar-refractivity contribution in [3.8, 4) is 0 Å². The standard InChI is InChI=1S/C18H28N2O3/c1-3-23-14-17(21)13-19-7-9-20(10-8-19)18(22)12-16-6-4-5-15(2)11-16/h4-6,11,17,21H,3,7-10,12-14H2,1-2H3/t17-/m0/s1. The minimum Gasteiger partial charge on any atom is -0.389 e. The summed E-state index contributed by atoms with van der Waals surface area (Å²) in [5.41, 5.74) is 2.26. The van der Waals surface area contributed by atoms with Crippen molar-refractivity contribution in [1.82, 2.24) is 9.80 Å². The first-order chi connectivity index (χ1) is 11.1. The summed E-state index contributed by atoms with van der Waals surface area (Å²) in [7, 11) is 0. The quantitative estimate of drug-likeness (QED) is 0.817. The van der Waals surface area contributed by atoms with Crippen LogP contribution in [0.2, 0.25) is 0 Å². The Labute approximate surface area is 138 Å². The van der Waals surface area contributed by atoms with E-state index in [-0.39, 0.29) is 5.91 Å². The molecule has 1 aromatic carbocycles. The second-order valence-corrected chi connectivity index (χ2v) is 6.16. The first-order valence-corrected chi connectivity index (χ1v) is 8.40. The first kappa shape index (κ1) is 17.9. The minimum absolute atomic E-state index is 0.185. The van der Waals surface area contributed by atoms with E-state index in [1.807, 2.05) is 36.9 Å². The molecule has 1 saturated heterocycles. The van der Waals surface area contributed by atoms with Gasteiger partial charge in [-0.05, 0) is 19.4 Å². The molecule has 5 nitrogen and oxygen atoms in total. The van der Waals surface area contributed by atoms with Crippen molar-refractivity contribution in [3.05, 3.63) is 35.4 Å². The van der Waals surface area contributed by atoms with Gasteiger partial charge in [0, 0.05) is 39.3 Å². The maximum Gasteiger partial charge on any atom is 0.227 e. The monoisotopic (exact) mass is 320 g/mol. The number of benzene rings is 1. The van der Waals surface area contributed by atoms with Gasteiger partial charge < -0.3 is 14.7 Å². The van der Waals surface area contributed by atoms with Gasteiger partial charge in [0.1, 0.15) is 0 Å². The number of hydrogen-bond acceptors (Lipinski definition) is 4. The number of β-amino-alcohol motifs (C(OH)–C–C–N with tert-alkyl or cyclic N) is 1. The van der Waals surface area contributed by atoms with Gasteiger partial charge in [0.25, 0.3) is 0 Å². The van der Waals surface area contributed by atoms with Gasteiger partial charge in [-0.1, -0.05) is 29.8 Å². The lowest BCUT2D eigenvalue weighted by Crippen LogP contribution is -2.51. The molecule has 128 valence electrons. The van der Waals surface area contributed by atoms with Crippen molar-refractivity contribution in [2.45, 2.75) is 26.4 Å². The maximum atomic E-state index is 12.4. The molecule has 1 fully saturated rings. The van der Waals surface area contributed by atoms with E-state index < -0.39 is 6.10 Å². The number of carbonyl (C=O) groups excluding carboxylic acids is 1. The Morgan fingerprint density at radius 3 is 2.70 bits per heavy atom. The van der Waals surface area contributed by atoms with Gasteiger partial charge in [0.15, 0.2) is 0 Å². The molecule has 1 aromatic rings. The van der Waals surface area contributed by atoms with Crippen LogP contribution in [0.25, 0.3) is 0 Å². The number of nitrogens with zero attached hydrogens (tertiary/aromatic N) is 2. The Morgan fingerprint density at radius 1 is 1.30 bits per heavy atom. The number of piperazine rings is 1. The molecule has 1 amide bonds. The van der Waals surface area contributed by atoms with Crippen molar-refractivity contribution in [3.63, 3.8) is 0 Å². The van der Waals surface area contributed by atoms with Gasteiger partial charge >= 0.3 is 0 Å². The lowest BCUT2D eigenvalue weighted by atomic mass is 10.1. The summed E-state index contributed by atoms with van der Waals surface area (Å²) in [4.78, 5) is 16.5. The van der Waals surface area contributed by atoms with Crippen LogP contribution in [0, 0.1) is 6.92 Å². The molecule has 1 heterocycles. The molecule has 0 aromatic heterocycles. The number of aliphatic hydroxyl groups is 1. The fraction of sp³-hybridized carbons (Fsp3) is 0.611. The number of aryl methyl sites for hydroxylation is 1. The highest BCUT2D eigenvalue weighted by atomic mass is 16.5. The summed E-state index contributed by atoms with van der Waals surface area (Å²) in [6.07, 6.45) is 0.0127. The summed E-state index contributed by atoms with van der Waals surface area (Å²) in [5.74, 6) is 0.185. The van der Waals surface area contributed by atoms with Crippen LogP contribution in [0.5, 0.6) is 0 Å². The minimum atomic E-state index is -0.454. The van der Waals surface area contributed by atoms with Crippen LogP contribution in [0.1, 0.15) is 18.1 Å². The van der Waals surface area contributed by atoms with Crippen LogP contribution in [0.4, 0.5) is 0 Å². The van der Waals surface area contributed by atoms with Gasteiger partial charge in [0.05, 0.1) is 19.1 Å². The van der Waals surface area contributed by atoms with Crippen molar-refractivity contribution >= 4 is 5.91 Å². The summed E-state index contributed by atoms with van der Waals surface area (Å²) < 4.78 is 5.23. The van der Waals surface area contributed by atoms with Gasteiger partial charge in [0.2, 0.25) is 5.91 Å².